The number of benzene rings is 1. The van der Waals surface area contributed by atoms with Crippen LogP contribution in [-0.2, 0) is 14.2 Å². The predicted molar refractivity (Wildman–Crippen MR) is 131 cm³/mol. The van der Waals surface area contributed by atoms with E-state index in [2.05, 4.69) is 0 Å². The molecule has 0 aliphatic carbocycles. The lowest BCUT2D eigenvalue weighted by Gasteiger charge is -2.53. The van der Waals surface area contributed by atoms with Crippen LogP contribution in [0.1, 0.15) is 59.1 Å². The van der Waals surface area contributed by atoms with Crippen LogP contribution in [0.4, 0.5) is 4.79 Å². The summed E-state index contributed by atoms with van der Waals surface area (Å²) >= 11 is 0. The van der Waals surface area contributed by atoms with Crippen molar-refractivity contribution in [3.05, 3.63) is 23.8 Å². The summed E-state index contributed by atoms with van der Waals surface area (Å²) in [4.78, 5) is 14.5. The minimum absolute atomic E-state index is 0.0383. The molecule has 1 aromatic carbocycles. The zero-order valence-electron chi connectivity index (χ0n) is 22.1. The predicted octanol–water partition coefficient (Wildman–Crippen LogP) is 2.38. The van der Waals surface area contributed by atoms with Crippen molar-refractivity contribution in [3.8, 4) is 11.5 Å². The van der Waals surface area contributed by atoms with Crippen LogP contribution in [0, 0.1) is 11.8 Å². The molecule has 3 fully saturated rings. The van der Waals surface area contributed by atoms with E-state index in [-0.39, 0.29) is 36.7 Å². The van der Waals surface area contributed by atoms with E-state index in [1.54, 1.807) is 17.0 Å². The lowest BCUT2D eigenvalue weighted by molar-refractivity contribution is -0.242. The Labute approximate surface area is 217 Å². The molecular formula is C27H39NO9. The standard InChI is InChI=1S/C27H39NO9/c1-26(2,3)37-25(32)28-9-8-19-14(12-28)10-17-23(35-19)16-7-6-15(11-20(16)36-27(17,4)5)34-24-22(31)21(30)18(29)13-33-24/h6-7,11,14,17-19,21-24,29-31H,8-10,12-13H2,1-5H3/t14-,17+,18-,19+,21+,22-,23-,24+/m1/s1. The fourth-order valence-corrected chi connectivity index (χ4v) is 5.87. The van der Waals surface area contributed by atoms with Crippen molar-refractivity contribution in [1.82, 2.24) is 4.90 Å². The number of rotatable bonds is 2. The van der Waals surface area contributed by atoms with Gasteiger partial charge in [-0.15, -0.1) is 0 Å². The summed E-state index contributed by atoms with van der Waals surface area (Å²) in [5.74, 6) is 1.34. The molecule has 10 nitrogen and oxygen atoms in total. The maximum atomic E-state index is 12.7. The smallest absolute Gasteiger partial charge is 0.410 e. The third kappa shape index (κ3) is 5.27. The van der Waals surface area contributed by atoms with Gasteiger partial charge in [-0.1, -0.05) is 0 Å². The second kappa shape index (κ2) is 9.57. The minimum atomic E-state index is -1.38. The molecule has 4 heterocycles. The number of aliphatic hydroxyl groups excluding tert-OH is 3. The third-order valence-electron chi connectivity index (χ3n) is 7.82. The van der Waals surface area contributed by atoms with Crippen LogP contribution in [-0.4, -0.2) is 87.9 Å². The number of likely N-dealkylation sites (tertiary alicyclic amines) is 1. The van der Waals surface area contributed by atoms with E-state index in [0.29, 0.717) is 24.6 Å². The minimum Gasteiger partial charge on any atom is -0.487 e. The van der Waals surface area contributed by atoms with Crippen LogP contribution in [0.3, 0.4) is 0 Å². The average molecular weight is 522 g/mol. The Morgan fingerprint density at radius 2 is 1.92 bits per heavy atom. The summed E-state index contributed by atoms with van der Waals surface area (Å²) in [5, 5.41) is 29.8. The molecule has 0 saturated carbocycles. The average Bonchev–Trinajstić information content (AvgIpc) is 2.82. The highest BCUT2D eigenvalue weighted by molar-refractivity contribution is 5.68. The van der Waals surface area contributed by atoms with Crippen molar-refractivity contribution < 1.29 is 43.8 Å². The molecule has 4 aliphatic heterocycles. The van der Waals surface area contributed by atoms with Gasteiger partial charge in [-0.25, -0.2) is 4.79 Å². The summed E-state index contributed by atoms with van der Waals surface area (Å²) < 4.78 is 29.9. The number of hydrogen-bond acceptors (Lipinski definition) is 9. The van der Waals surface area contributed by atoms with Gasteiger partial charge in [0.25, 0.3) is 0 Å². The Kier molecular flexibility index (Phi) is 6.85. The zero-order valence-corrected chi connectivity index (χ0v) is 22.1. The summed E-state index contributed by atoms with van der Waals surface area (Å²) in [5.41, 5.74) is -0.128. The van der Waals surface area contributed by atoms with Crippen LogP contribution >= 0.6 is 0 Å². The molecule has 3 saturated heterocycles. The number of ether oxygens (including phenoxy) is 5. The Morgan fingerprint density at radius 1 is 1.16 bits per heavy atom. The number of carbonyl (C=O) groups is 1. The normalized spacial score (nSPS) is 36.9. The maximum Gasteiger partial charge on any atom is 0.410 e. The zero-order chi connectivity index (χ0) is 26.7. The van der Waals surface area contributed by atoms with Crippen LogP contribution in [0.25, 0.3) is 0 Å². The van der Waals surface area contributed by atoms with Crippen molar-refractivity contribution in [1.29, 1.82) is 0 Å². The number of fused-ring (bicyclic) bond motifs is 4. The molecule has 0 aromatic heterocycles. The molecule has 0 unspecified atom stereocenters. The van der Waals surface area contributed by atoms with Crippen LogP contribution in [0.2, 0.25) is 0 Å². The number of nitrogens with zero attached hydrogens (tertiary/aromatic N) is 1. The molecule has 5 rings (SSSR count). The molecule has 206 valence electrons. The lowest BCUT2D eigenvalue weighted by Crippen LogP contribution is -2.56. The van der Waals surface area contributed by atoms with Gasteiger partial charge in [0.05, 0.1) is 18.8 Å². The molecule has 0 spiro atoms. The van der Waals surface area contributed by atoms with Gasteiger partial charge >= 0.3 is 6.09 Å². The third-order valence-corrected chi connectivity index (χ3v) is 7.82. The van der Waals surface area contributed by atoms with Gasteiger partial charge in [0.1, 0.15) is 41.0 Å². The topological polar surface area (TPSA) is 127 Å². The Balaban J connectivity index is 1.30. The molecule has 0 radical (unpaired) electrons. The van der Waals surface area contributed by atoms with Gasteiger partial charge in [0.15, 0.2) is 0 Å². The second-order valence-electron chi connectivity index (χ2n) is 12.2. The first-order chi connectivity index (χ1) is 17.3. The van der Waals surface area contributed by atoms with Crippen molar-refractivity contribution in [2.45, 2.75) is 95.5 Å². The molecule has 4 aliphatic rings. The van der Waals surface area contributed by atoms with Crippen LogP contribution in [0.15, 0.2) is 18.2 Å². The largest absolute Gasteiger partial charge is 0.487 e. The quantitative estimate of drug-likeness (QED) is 0.538. The lowest BCUT2D eigenvalue weighted by atomic mass is 9.70. The molecule has 8 atom stereocenters. The van der Waals surface area contributed by atoms with Crippen molar-refractivity contribution >= 4 is 6.09 Å². The first-order valence-electron chi connectivity index (χ1n) is 13.1. The second-order valence-corrected chi connectivity index (χ2v) is 12.2. The van der Waals surface area contributed by atoms with E-state index in [1.165, 1.54) is 0 Å². The van der Waals surface area contributed by atoms with Gasteiger partial charge in [0.2, 0.25) is 6.29 Å². The molecule has 0 bridgehead atoms. The first kappa shape index (κ1) is 26.5. The SMILES string of the molecule is CC(C)(C)OC(=O)N1CC[C@@H]2O[C@@H]3c4ccc(O[C@@H]5OC[C@@H](O)[C@H](O)[C@H]5O)cc4OC(C)(C)[C@H]3C[C@@H]2C1. The van der Waals surface area contributed by atoms with Gasteiger partial charge in [0, 0.05) is 36.6 Å². The fraction of sp³-hybridized carbons (Fsp3) is 0.741. The Hall–Kier alpha value is -2.11. The van der Waals surface area contributed by atoms with E-state index in [0.717, 1.165) is 18.4 Å². The summed E-state index contributed by atoms with van der Waals surface area (Å²) in [6, 6.07) is 5.43. The van der Waals surface area contributed by atoms with Crippen LogP contribution < -0.4 is 9.47 Å². The summed E-state index contributed by atoms with van der Waals surface area (Å²) in [6.45, 7) is 10.8. The Bertz CT molecular complexity index is 1010. The van der Waals surface area contributed by atoms with Gasteiger partial charge in [-0.2, -0.15) is 0 Å². The van der Waals surface area contributed by atoms with Gasteiger partial charge in [-0.3, -0.25) is 0 Å². The highest BCUT2D eigenvalue weighted by atomic mass is 16.7. The molecule has 1 aromatic rings. The van der Waals surface area contributed by atoms with E-state index >= 15 is 0 Å². The van der Waals surface area contributed by atoms with Gasteiger partial charge < -0.3 is 43.9 Å². The number of piperidine rings is 1. The van der Waals surface area contributed by atoms with Gasteiger partial charge in [-0.05, 0) is 59.6 Å². The first-order valence-corrected chi connectivity index (χ1v) is 13.1. The Morgan fingerprint density at radius 3 is 2.65 bits per heavy atom. The maximum absolute atomic E-state index is 12.7. The van der Waals surface area contributed by atoms with E-state index < -0.39 is 35.8 Å². The van der Waals surface area contributed by atoms with E-state index in [1.807, 2.05) is 40.7 Å². The van der Waals surface area contributed by atoms with Crippen molar-refractivity contribution in [3.63, 3.8) is 0 Å². The molecule has 3 N–H and O–H groups in total. The van der Waals surface area contributed by atoms with Crippen LogP contribution in [0.5, 0.6) is 11.5 Å². The highest BCUT2D eigenvalue weighted by Crippen LogP contribution is 2.53. The van der Waals surface area contributed by atoms with E-state index in [4.69, 9.17) is 23.7 Å². The number of amides is 1. The summed E-state index contributed by atoms with van der Waals surface area (Å²) in [6.07, 6.45) is -3.79. The molecule has 1 amide bonds. The number of aliphatic hydroxyl groups is 3. The summed E-state index contributed by atoms with van der Waals surface area (Å²) in [7, 11) is 0. The molecule has 37 heavy (non-hydrogen) atoms. The monoisotopic (exact) mass is 521 g/mol. The van der Waals surface area contributed by atoms with Crippen molar-refractivity contribution in [2.75, 3.05) is 19.7 Å². The fourth-order valence-electron chi connectivity index (χ4n) is 5.87. The number of hydrogen-bond donors (Lipinski definition) is 3. The highest BCUT2D eigenvalue weighted by Gasteiger charge is 2.52. The number of carbonyl (C=O) groups excluding carboxylic acids is 1. The molecular weight excluding hydrogens is 482 g/mol. The molecule has 10 heteroatoms. The van der Waals surface area contributed by atoms with Crippen molar-refractivity contribution in [2.24, 2.45) is 11.8 Å². The van der Waals surface area contributed by atoms with E-state index in [9.17, 15) is 20.1 Å².